The molecule has 0 aliphatic rings. The number of hydrogen-bond donors (Lipinski definition) is 1. The third kappa shape index (κ3) is 3.22. The van der Waals surface area contributed by atoms with E-state index in [2.05, 4.69) is 61.6 Å². The lowest BCUT2D eigenvalue weighted by atomic mass is 10.1. The topological polar surface area (TPSA) is 24.9 Å². The highest BCUT2D eigenvalue weighted by molar-refractivity contribution is 5.81. The predicted molar refractivity (Wildman–Crippen MR) is 89.9 cm³/mol. The summed E-state index contributed by atoms with van der Waals surface area (Å²) in [7, 11) is 0. The van der Waals surface area contributed by atoms with E-state index >= 15 is 0 Å². The van der Waals surface area contributed by atoms with Crippen molar-refractivity contribution in [3.05, 3.63) is 71.3 Å². The molecular weight excluding hydrogens is 256 g/mol. The van der Waals surface area contributed by atoms with Crippen LogP contribution in [-0.4, -0.2) is 11.5 Å². The first-order chi connectivity index (χ1) is 10.2. The number of nitrogens with zero attached hydrogens (tertiary/aromatic N) is 1. The molecule has 1 N–H and O–H groups in total. The number of hydrogen-bond acceptors (Lipinski definition) is 2. The minimum atomic E-state index is 0.898. The second-order valence-electron chi connectivity index (χ2n) is 5.51. The summed E-state index contributed by atoms with van der Waals surface area (Å²) in [5, 5.41) is 4.66. The number of para-hydroxylation sites is 1. The maximum absolute atomic E-state index is 4.71. The zero-order valence-corrected chi connectivity index (χ0v) is 12.6. The molecule has 0 fully saturated rings. The van der Waals surface area contributed by atoms with Crippen LogP contribution < -0.4 is 5.32 Å². The lowest BCUT2D eigenvalue weighted by Gasteiger charge is -2.10. The van der Waals surface area contributed by atoms with Crippen molar-refractivity contribution in [3.8, 4) is 0 Å². The van der Waals surface area contributed by atoms with Crippen molar-refractivity contribution in [1.29, 1.82) is 0 Å². The first kappa shape index (κ1) is 13.6. The normalized spacial score (nSPS) is 10.8. The summed E-state index contributed by atoms with van der Waals surface area (Å²) in [5.74, 6) is 0.987. The molecule has 0 bridgehead atoms. The molecular formula is C19H20N2. The number of pyridine rings is 1. The zero-order chi connectivity index (χ0) is 14.7. The van der Waals surface area contributed by atoms with Gasteiger partial charge >= 0.3 is 0 Å². The molecule has 106 valence electrons. The monoisotopic (exact) mass is 276 g/mol. The summed E-state index contributed by atoms with van der Waals surface area (Å²) in [6.45, 7) is 5.13. The van der Waals surface area contributed by atoms with Crippen molar-refractivity contribution < 1.29 is 0 Å². The van der Waals surface area contributed by atoms with Crippen LogP contribution >= 0.6 is 0 Å². The molecule has 0 aliphatic heterocycles. The van der Waals surface area contributed by atoms with Crippen LogP contribution in [0.4, 0.5) is 5.82 Å². The largest absolute Gasteiger partial charge is 0.370 e. The van der Waals surface area contributed by atoms with E-state index in [1.807, 2.05) is 12.1 Å². The van der Waals surface area contributed by atoms with Crippen molar-refractivity contribution in [3.63, 3.8) is 0 Å². The molecule has 0 aliphatic carbocycles. The minimum absolute atomic E-state index is 0.898. The van der Waals surface area contributed by atoms with Gasteiger partial charge in [-0.2, -0.15) is 0 Å². The van der Waals surface area contributed by atoms with E-state index in [1.54, 1.807) is 0 Å². The standard InChI is InChI=1S/C19H20N2/c1-14-6-5-7-16(12-14)10-11-20-19-15(2)13-17-8-3-4-9-18(17)21-19/h3-9,12-13H,10-11H2,1-2H3,(H,20,21). The van der Waals surface area contributed by atoms with Gasteiger partial charge in [0.2, 0.25) is 0 Å². The number of anilines is 1. The second kappa shape index (κ2) is 5.96. The highest BCUT2D eigenvalue weighted by Crippen LogP contribution is 2.19. The SMILES string of the molecule is Cc1cccc(CCNc2nc3ccccc3cc2C)c1. The van der Waals surface area contributed by atoms with Crippen LogP contribution in [0.5, 0.6) is 0 Å². The molecule has 2 nitrogen and oxygen atoms in total. The van der Waals surface area contributed by atoms with Gasteiger partial charge in [0.15, 0.2) is 0 Å². The van der Waals surface area contributed by atoms with E-state index in [9.17, 15) is 0 Å². The molecule has 0 saturated heterocycles. The summed E-state index contributed by atoms with van der Waals surface area (Å²) >= 11 is 0. The van der Waals surface area contributed by atoms with Gasteiger partial charge in [0.1, 0.15) is 5.82 Å². The highest BCUT2D eigenvalue weighted by atomic mass is 15.0. The van der Waals surface area contributed by atoms with Crippen LogP contribution in [0.15, 0.2) is 54.6 Å². The Morgan fingerprint density at radius 1 is 0.952 bits per heavy atom. The van der Waals surface area contributed by atoms with E-state index in [4.69, 9.17) is 4.98 Å². The third-order valence-corrected chi connectivity index (χ3v) is 3.70. The summed E-state index contributed by atoms with van der Waals surface area (Å²) in [6, 6.07) is 19.1. The molecule has 0 saturated carbocycles. The van der Waals surface area contributed by atoms with E-state index in [0.717, 1.165) is 24.3 Å². The molecule has 3 aromatic rings. The maximum atomic E-state index is 4.71. The van der Waals surface area contributed by atoms with Crippen molar-refractivity contribution in [2.24, 2.45) is 0 Å². The Morgan fingerprint density at radius 3 is 2.67 bits per heavy atom. The molecule has 1 heterocycles. The number of benzene rings is 2. The molecule has 0 atom stereocenters. The van der Waals surface area contributed by atoms with Crippen LogP contribution in [0.3, 0.4) is 0 Å². The van der Waals surface area contributed by atoms with Gasteiger partial charge < -0.3 is 5.32 Å². The number of aromatic nitrogens is 1. The van der Waals surface area contributed by atoms with E-state index in [1.165, 1.54) is 22.1 Å². The smallest absolute Gasteiger partial charge is 0.129 e. The zero-order valence-electron chi connectivity index (χ0n) is 12.6. The first-order valence-corrected chi connectivity index (χ1v) is 7.38. The van der Waals surface area contributed by atoms with Gasteiger partial charge in [0.05, 0.1) is 5.52 Å². The summed E-state index contributed by atoms with van der Waals surface area (Å²) in [6.07, 6.45) is 1.01. The minimum Gasteiger partial charge on any atom is -0.370 e. The quantitative estimate of drug-likeness (QED) is 0.758. The molecule has 3 rings (SSSR count). The number of nitrogens with one attached hydrogen (secondary N) is 1. The van der Waals surface area contributed by atoms with Gasteiger partial charge in [-0.25, -0.2) is 4.98 Å². The Labute approximate surface area is 125 Å². The van der Waals surface area contributed by atoms with E-state index in [-0.39, 0.29) is 0 Å². The van der Waals surface area contributed by atoms with Crippen LogP contribution in [0.1, 0.15) is 16.7 Å². The Kier molecular flexibility index (Phi) is 3.87. The highest BCUT2D eigenvalue weighted by Gasteiger charge is 2.02. The average Bonchev–Trinajstić information content (AvgIpc) is 2.48. The predicted octanol–water partition coefficient (Wildman–Crippen LogP) is 4.51. The Bertz CT molecular complexity index is 762. The Balaban J connectivity index is 1.71. The fourth-order valence-electron chi connectivity index (χ4n) is 2.59. The third-order valence-electron chi connectivity index (χ3n) is 3.70. The molecule has 0 radical (unpaired) electrons. The number of aryl methyl sites for hydroxylation is 2. The fourth-order valence-corrected chi connectivity index (χ4v) is 2.59. The van der Waals surface area contributed by atoms with Gasteiger partial charge in [0.25, 0.3) is 0 Å². The van der Waals surface area contributed by atoms with Crippen molar-refractivity contribution in [1.82, 2.24) is 4.98 Å². The van der Waals surface area contributed by atoms with Crippen molar-refractivity contribution in [2.45, 2.75) is 20.3 Å². The Morgan fingerprint density at radius 2 is 1.81 bits per heavy atom. The Hall–Kier alpha value is -2.35. The van der Waals surface area contributed by atoms with Crippen LogP contribution in [-0.2, 0) is 6.42 Å². The molecule has 0 spiro atoms. The van der Waals surface area contributed by atoms with Gasteiger partial charge in [-0.3, -0.25) is 0 Å². The first-order valence-electron chi connectivity index (χ1n) is 7.38. The summed E-state index contributed by atoms with van der Waals surface area (Å²) in [5.41, 5.74) is 4.91. The molecule has 2 heteroatoms. The maximum Gasteiger partial charge on any atom is 0.129 e. The number of fused-ring (bicyclic) bond motifs is 1. The number of rotatable bonds is 4. The van der Waals surface area contributed by atoms with Gasteiger partial charge in [-0.05, 0) is 43.5 Å². The molecule has 21 heavy (non-hydrogen) atoms. The summed E-state index contributed by atoms with van der Waals surface area (Å²) < 4.78 is 0. The fraction of sp³-hybridized carbons (Fsp3) is 0.211. The van der Waals surface area contributed by atoms with Gasteiger partial charge in [0, 0.05) is 11.9 Å². The molecule has 2 aromatic carbocycles. The van der Waals surface area contributed by atoms with Gasteiger partial charge in [-0.15, -0.1) is 0 Å². The average molecular weight is 276 g/mol. The van der Waals surface area contributed by atoms with Crippen molar-refractivity contribution >= 4 is 16.7 Å². The van der Waals surface area contributed by atoms with Crippen LogP contribution in [0, 0.1) is 13.8 Å². The van der Waals surface area contributed by atoms with E-state index < -0.39 is 0 Å². The lowest BCUT2D eigenvalue weighted by Crippen LogP contribution is -2.07. The molecule has 1 aromatic heterocycles. The molecule has 0 amide bonds. The van der Waals surface area contributed by atoms with Crippen LogP contribution in [0.2, 0.25) is 0 Å². The van der Waals surface area contributed by atoms with Gasteiger partial charge in [-0.1, -0.05) is 48.0 Å². The van der Waals surface area contributed by atoms with Crippen molar-refractivity contribution in [2.75, 3.05) is 11.9 Å². The lowest BCUT2D eigenvalue weighted by molar-refractivity contribution is 1.00. The molecule has 0 unspecified atom stereocenters. The van der Waals surface area contributed by atoms with E-state index in [0.29, 0.717) is 0 Å². The second-order valence-corrected chi connectivity index (χ2v) is 5.51. The summed E-state index contributed by atoms with van der Waals surface area (Å²) in [4.78, 5) is 4.71. The van der Waals surface area contributed by atoms with Crippen LogP contribution in [0.25, 0.3) is 10.9 Å².